The molecule has 1 heterocycles. The molecule has 0 saturated heterocycles. The van der Waals surface area contributed by atoms with Crippen LogP contribution < -0.4 is 11.1 Å². The predicted molar refractivity (Wildman–Crippen MR) is 84.3 cm³/mol. The van der Waals surface area contributed by atoms with Crippen molar-refractivity contribution in [3.05, 3.63) is 10.9 Å². The van der Waals surface area contributed by atoms with Crippen molar-refractivity contribution in [3.63, 3.8) is 0 Å². The van der Waals surface area contributed by atoms with Gasteiger partial charge in [-0.15, -0.1) is 11.3 Å². The zero-order chi connectivity index (χ0) is 14.8. The highest BCUT2D eigenvalue weighted by atomic mass is 32.1. The molecular formula is C15H24N2O2S. The Morgan fingerprint density at radius 2 is 2.15 bits per heavy atom. The number of carbonyl (C=O) groups excluding carboxylic acids is 1. The Labute approximate surface area is 124 Å². The third kappa shape index (κ3) is 3.66. The molecule has 0 aliphatic heterocycles. The van der Waals surface area contributed by atoms with Crippen molar-refractivity contribution in [1.82, 2.24) is 0 Å². The lowest BCUT2D eigenvalue weighted by Crippen LogP contribution is -2.29. The Morgan fingerprint density at radius 3 is 2.75 bits per heavy atom. The van der Waals surface area contributed by atoms with Gasteiger partial charge in [-0.1, -0.05) is 13.8 Å². The number of nitrogen functional groups attached to an aromatic ring is 1. The van der Waals surface area contributed by atoms with Gasteiger partial charge < -0.3 is 15.8 Å². The minimum Gasteiger partial charge on any atom is -0.462 e. The van der Waals surface area contributed by atoms with E-state index in [0.29, 0.717) is 28.6 Å². The molecular weight excluding hydrogens is 272 g/mol. The molecule has 1 aliphatic rings. The maximum absolute atomic E-state index is 11.7. The number of ether oxygens (including phenoxy) is 1. The van der Waals surface area contributed by atoms with Crippen molar-refractivity contribution in [2.24, 2.45) is 5.41 Å². The summed E-state index contributed by atoms with van der Waals surface area (Å²) >= 11 is 1.39. The molecule has 0 bridgehead atoms. The standard InChI is InChI=1S/C15H24N2O2S/c1-4-19-14(18)13-11(16)9-12(20-13)17-10-5-7-15(2,3)8-6-10/h9-10,17H,4-8,16H2,1-3H3. The smallest absolute Gasteiger partial charge is 0.350 e. The van der Waals surface area contributed by atoms with E-state index in [1.807, 2.05) is 6.07 Å². The second-order valence-electron chi connectivity index (χ2n) is 6.20. The summed E-state index contributed by atoms with van der Waals surface area (Å²) in [6, 6.07) is 2.33. The van der Waals surface area contributed by atoms with Gasteiger partial charge in [0.15, 0.2) is 0 Å². The van der Waals surface area contributed by atoms with E-state index < -0.39 is 0 Å². The molecule has 0 spiro atoms. The molecule has 112 valence electrons. The van der Waals surface area contributed by atoms with Gasteiger partial charge in [-0.2, -0.15) is 0 Å². The Balaban J connectivity index is 1.97. The molecule has 0 atom stereocenters. The molecule has 0 radical (unpaired) electrons. The van der Waals surface area contributed by atoms with Crippen LogP contribution in [0.3, 0.4) is 0 Å². The van der Waals surface area contributed by atoms with Gasteiger partial charge in [0.05, 0.1) is 17.3 Å². The average molecular weight is 296 g/mol. The Bertz CT molecular complexity index is 472. The maximum Gasteiger partial charge on any atom is 0.350 e. The Kier molecular flexibility index (Phi) is 4.58. The van der Waals surface area contributed by atoms with Crippen LogP contribution in [-0.4, -0.2) is 18.6 Å². The number of esters is 1. The van der Waals surface area contributed by atoms with E-state index in [-0.39, 0.29) is 5.97 Å². The topological polar surface area (TPSA) is 64.3 Å². The van der Waals surface area contributed by atoms with Crippen molar-refractivity contribution in [2.45, 2.75) is 52.5 Å². The molecule has 4 nitrogen and oxygen atoms in total. The summed E-state index contributed by atoms with van der Waals surface area (Å²) < 4.78 is 5.00. The largest absolute Gasteiger partial charge is 0.462 e. The van der Waals surface area contributed by atoms with Crippen molar-refractivity contribution in [3.8, 4) is 0 Å². The van der Waals surface area contributed by atoms with Crippen LogP contribution in [0.2, 0.25) is 0 Å². The fourth-order valence-corrected chi connectivity index (χ4v) is 3.53. The third-order valence-corrected chi connectivity index (χ3v) is 4.97. The minimum atomic E-state index is -0.326. The van der Waals surface area contributed by atoms with Gasteiger partial charge in [-0.05, 0) is 44.1 Å². The average Bonchev–Trinajstić information content (AvgIpc) is 2.73. The lowest BCUT2D eigenvalue weighted by atomic mass is 9.76. The van der Waals surface area contributed by atoms with Gasteiger partial charge in [0.1, 0.15) is 4.88 Å². The second-order valence-corrected chi connectivity index (χ2v) is 7.25. The molecule has 1 aromatic heterocycles. The summed E-state index contributed by atoms with van der Waals surface area (Å²) in [4.78, 5) is 12.2. The molecule has 0 amide bonds. The minimum absolute atomic E-state index is 0.326. The van der Waals surface area contributed by atoms with Crippen molar-refractivity contribution in [1.29, 1.82) is 0 Å². The molecule has 1 aromatic rings. The molecule has 0 aromatic carbocycles. The van der Waals surface area contributed by atoms with E-state index in [1.54, 1.807) is 6.92 Å². The summed E-state index contributed by atoms with van der Waals surface area (Å²) in [5.74, 6) is -0.326. The van der Waals surface area contributed by atoms with Crippen molar-refractivity contribution in [2.75, 3.05) is 17.7 Å². The number of anilines is 2. The fourth-order valence-electron chi connectivity index (χ4n) is 2.58. The van der Waals surface area contributed by atoms with Crippen LogP contribution in [-0.2, 0) is 4.74 Å². The van der Waals surface area contributed by atoms with Gasteiger partial charge in [0, 0.05) is 6.04 Å². The number of hydrogen-bond donors (Lipinski definition) is 2. The summed E-state index contributed by atoms with van der Waals surface area (Å²) in [5, 5.41) is 4.48. The lowest BCUT2D eigenvalue weighted by Gasteiger charge is -2.34. The highest BCUT2D eigenvalue weighted by molar-refractivity contribution is 7.18. The van der Waals surface area contributed by atoms with Crippen LogP contribution >= 0.6 is 11.3 Å². The monoisotopic (exact) mass is 296 g/mol. The molecule has 1 aliphatic carbocycles. The molecule has 3 N–H and O–H groups in total. The second kappa shape index (κ2) is 6.04. The SMILES string of the molecule is CCOC(=O)c1sc(NC2CCC(C)(C)CC2)cc1N. The molecule has 1 fully saturated rings. The molecule has 0 unspecified atom stereocenters. The summed E-state index contributed by atoms with van der Waals surface area (Å²) in [6.45, 7) is 6.82. The van der Waals surface area contributed by atoms with E-state index in [4.69, 9.17) is 10.5 Å². The number of thiophene rings is 1. The summed E-state index contributed by atoms with van der Waals surface area (Å²) in [5.41, 5.74) is 6.86. The van der Waals surface area contributed by atoms with E-state index in [0.717, 1.165) is 5.00 Å². The number of carbonyl (C=O) groups is 1. The number of nitrogens with two attached hydrogens (primary N) is 1. The van der Waals surface area contributed by atoms with Crippen LogP contribution in [0.5, 0.6) is 0 Å². The van der Waals surface area contributed by atoms with E-state index in [1.165, 1.54) is 37.0 Å². The first-order valence-electron chi connectivity index (χ1n) is 7.24. The number of rotatable bonds is 4. The van der Waals surface area contributed by atoms with Gasteiger partial charge in [0.2, 0.25) is 0 Å². The fraction of sp³-hybridized carbons (Fsp3) is 0.667. The van der Waals surface area contributed by atoms with E-state index in [2.05, 4.69) is 19.2 Å². The predicted octanol–water partition coefficient (Wildman–Crippen LogP) is 3.89. The highest BCUT2D eigenvalue weighted by Gasteiger charge is 2.27. The Morgan fingerprint density at radius 1 is 1.50 bits per heavy atom. The van der Waals surface area contributed by atoms with Gasteiger partial charge >= 0.3 is 5.97 Å². The summed E-state index contributed by atoms with van der Waals surface area (Å²) in [6.07, 6.45) is 4.80. The lowest BCUT2D eigenvalue weighted by molar-refractivity contribution is 0.0533. The molecule has 1 saturated carbocycles. The van der Waals surface area contributed by atoms with Crippen LogP contribution in [0.4, 0.5) is 10.7 Å². The van der Waals surface area contributed by atoms with Crippen LogP contribution in [0.25, 0.3) is 0 Å². The first-order valence-corrected chi connectivity index (χ1v) is 8.06. The van der Waals surface area contributed by atoms with Crippen molar-refractivity contribution >= 4 is 28.0 Å². The zero-order valence-corrected chi connectivity index (χ0v) is 13.3. The Hall–Kier alpha value is -1.23. The maximum atomic E-state index is 11.7. The first kappa shape index (κ1) is 15.2. The van der Waals surface area contributed by atoms with Gasteiger partial charge in [0.25, 0.3) is 0 Å². The van der Waals surface area contributed by atoms with Crippen LogP contribution in [0, 0.1) is 5.41 Å². The number of hydrogen-bond acceptors (Lipinski definition) is 5. The molecule has 2 rings (SSSR count). The first-order chi connectivity index (χ1) is 9.41. The highest BCUT2D eigenvalue weighted by Crippen LogP contribution is 2.37. The summed E-state index contributed by atoms with van der Waals surface area (Å²) in [7, 11) is 0. The van der Waals surface area contributed by atoms with Gasteiger partial charge in [-0.3, -0.25) is 0 Å². The quantitative estimate of drug-likeness (QED) is 0.827. The molecule has 5 heteroatoms. The van der Waals surface area contributed by atoms with Crippen LogP contribution in [0.1, 0.15) is 56.1 Å². The van der Waals surface area contributed by atoms with E-state index >= 15 is 0 Å². The van der Waals surface area contributed by atoms with Crippen molar-refractivity contribution < 1.29 is 9.53 Å². The number of nitrogens with one attached hydrogen (secondary N) is 1. The van der Waals surface area contributed by atoms with Crippen LogP contribution in [0.15, 0.2) is 6.07 Å². The van der Waals surface area contributed by atoms with E-state index in [9.17, 15) is 4.79 Å². The zero-order valence-electron chi connectivity index (χ0n) is 12.5. The normalized spacial score (nSPS) is 18.8. The molecule has 20 heavy (non-hydrogen) atoms. The van der Waals surface area contributed by atoms with Gasteiger partial charge in [-0.25, -0.2) is 4.79 Å². The third-order valence-electron chi connectivity index (χ3n) is 3.91.